The van der Waals surface area contributed by atoms with Gasteiger partial charge in [-0.05, 0) is 31.0 Å². The molecule has 1 unspecified atom stereocenters. The Morgan fingerprint density at radius 1 is 1.50 bits per heavy atom. The maximum atomic E-state index is 11.4. The van der Waals surface area contributed by atoms with Crippen LogP contribution in [-0.4, -0.2) is 25.1 Å². The molecule has 0 bridgehead atoms. The quantitative estimate of drug-likeness (QED) is 0.825. The highest BCUT2D eigenvalue weighted by atomic mass is 16.5. The smallest absolute Gasteiger partial charge is 0.305 e. The molecule has 5 heteroatoms. The molecule has 5 nitrogen and oxygen atoms in total. The third-order valence-corrected chi connectivity index (χ3v) is 2.82. The third kappa shape index (κ3) is 2.61. The van der Waals surface area contributed by atoms with Crippen molar-refractivity contribution in [2.75, 3.05) is 12.4 Å². The maximum Gasteiger partial charge on any atom is 0.305 e. The van der Waals surface area contributed by atoms with Crippen LogP contribution in [0.25, 0.3) is 0 Å². The molecule has 1 amide bonds. The van der Waals surface area contributed by atoms with Gasteiger partial charge in [-0.25, -0.2) is 0 Å². The summed E-state index contributed by atoms with van der Waals surface area (Å²) in [6, 6.07) is 5.49. The number of carbonyl (C=O) groups is 2. The summed E-state index contributed by atoms with van der Waals surface area (Å²) in [6.45, 7) is 1.69. The predicted octanol–water partition coefficient (Wildman–Crippen LogP) is 1.51. The van der Waals surface area contributed by atoms with Gasteiger partial charge in [0.15, 0.2) is 6.10 Å². The molecule has 0 aliphatic carbocycles. The van der Waals surface area contributed by atoms with Gasteiger partial charge in [0.05, 0.1) is 12.8 Å². The van der Waals surface area contributed by atoms with Crippen LogP contribution in [0.5, 0.6) is 5.75 Å². The minimum absolute atomic E-state index is 0.148. The van der Waals surface area contributed by atoms with Gasteiger partial charge in [0.2, 0.25) is 0 Å². The van der Waals surface area contributed by atoms with Gasteiger partial charge in [0.1, 0.15) is 5.75 Å². The molecule has 1 aliphatic rings. The van der Waals surface area contributed by atoms with E-state index in [0.29, 0.717) is 24.3 Å². The highest BCUT2D eigenvalue weighted by Gasteiger charge is 2.23. The summed E-state index contributed by atoms with van der Waals surface area (Å²) in [7, 11) is 1.37. The van der Waals surface area contributed by atoms with Crippen molar-refractivity contribution in [1.82, 2.24) is 0 Å². The number of amides is 1. The average molecular weight is 249 g/mol. The average Bonchev–Trinajstić information content (AvgIpc) is 2.37. The Kier molecular flexibility index (Phi) is 3.50. The lowest BCUT2D eigenvalue weighted by Gasteiger charge is -2.23. The number of ether oxygens (including phenoxy) is 2. The van der Waals surface area contributed by atoms with E-state index < -0.39 is 6.10 Å². The zero-order valence-corrected chi connectivity index (χ0v) is 10.4. The van der Waals surface area contributed by atoms with Crippen molar-refractivity contribution in [3.05, 3.63) is 23.8 Å². The van der Waals surface area contributed by atoms with Crippen LogP contribution in [0.2, 0.25) is 0 Å². The van der Waals surface area contributed by atoms with Crippen LogP contribution in [0.15, 0.2) is 18.2 Å². The van der Waals surface area contributed by atoms with Gasteiger partial charge in [-0.2, -0.15) is 0 Å². The van der Waals surface area contributed by atoms with Crippen molar-refractivity contribution < 1.29 is 19.1 Å². The molecule has 1 aliphatic heterocycles. The molecule has 96 valence electrons. The molecule has 0 saturated carbocycles. The van der Waals surface area contributed by atoms with Gasteiger partial charge in [0, 0.05) is 6.42 Å². The van der Waals surface area contributed by atoms with E-state index in [1.165, 1.54) is 7.11 Å². The Balaban J connectivity index is 2.10. The van der Waals surface area contributed by atoms with E-state index in [-0.39, 0.29) is 11.9 Å². The summed E-state index contributed by atoms with van der Waals surface area (Å²) >= 11 is 0. The number of aryl methyl sites for hydroxylation is 1. The first-order valence-electron chi connectivity index (χ1n) is 5.77. The van der Waals surface area contributed by atoms with Crippen molar-refractivity contribution in [2.45, 2.75) is 25.9 Å². The highest BCUT2D eigenvalue weighted by Crippen LogP contribution is 2.30. The summed E-state index contributed by atoms with van der Waals surface area (Å²) in [5, 5.41) is 2.76. The van der Waals surface area contributed by atoms with Gasteiger partial charge in [-0.3, -0.25) is 9.59 Å². The number of hydrogen-bond acceptors (Lipinski definition) is 4. The first kappa shape index (κ1) is 12.4. The fourth-order valence-electron chi connectivity index (χ4n) is 1.75. The lowest BCUT2D eigenvalue weighted by Crippen LogP contribution is -2.34. The number of rotatable bonds is 3. The van der Waals surface area contributed by atoms with Gasteiger partial charge >= 0.3 is 5.97 Å². The van der Waals surface area contributed by atoms with Crippen LogP contribution in [-0.2, 0) is 20.7 Å². The Bertz CT molecular complexity index is 484. The van der Waals surface area contributed by atoms with E-state index in [9.17, 15) is 9.59 Å². The Morgan fingerprint density at radius 2 is 2.28 bits per heavy atom. The van der Waals surface area contributed by atoms with Crippen LogP contribution >= 0.6 is 0 Å². The third-order valence-electron chi connectivity index (χ3n) is 2.82. The van der Waals surface area contributed by atoms with Crippen molar-refractivity contribution >= 4 is 17.6 Å². The van der Waals surface area contributed by atoms with Crippen molar-refractivity contribution in [3.8, 4) is 5.75 Å². The van der Waals surface area contributed by atoms with E-state index in [4.69, 9.17) is 4.74 Å². The predicted molar refractivity (Wildman–Crippen MR) is 65.5 cm³/mol. The number of carbonyl (C=O) groups excluding carboxylic acids is 2. The maximum absolute atomic E-state index is 11.4. The molecular formula is C13H15NO4. The molecular weight excluding hydrogens is 234 g/mol. The Labute approximate surface area is 105 Å². The number of nitrogens with one attached hydrogen (secondary N) is 1. The van der Waals surface area contributed by atoms with Crippen LogP contribution in [0.3, 0.4) is 0 Å². The fraction of sp³-hybridized carbons (Fsp3) is 0.385. The zero-order chi connectivity index (χ0) is 13.1. The first-order valence-corrected chi connectivity index (χ1v) is 5.77. The van der Waals surface area contributed by atoms with Gasteiger partial charge in [-0.1, -0.05) is 6.07 Å². The van der Waals surface area contributed by atoms with Gasteiger partial charge in [-0.15, -0.1) is 0 Å². The number of benzene rings is 1. The Morgan fingerprint density at radius 3 is 3.00 bits per heavy atom. The second-order valence-electron chi connectivity index (χ2n) is 4.16. The number of hydrogen-bond donors (Lipinski definition) is 1. The van der Waals surface area contributed by atoms with E-state index in [2.05, 4.69) is 10.1 Å². The molecule has 0 fully saturated rings. The van der Waals surface area contributed by atoms with E-state index in [0.717, 1.165) is 5.56 Å². The number of anilines is 1. The van der Waals surface area contributed by atoms with Crippen molar-refractivity contribution in [2.24, 2.45) is 0 Å². The molecule has 1 atom stereocenters. The van der Waals surface area contributed by atoms with Crippen molar-refractivity contribution in [1.29, 1.82) is 0 Å². The van der Waals surface area contributed by atoms with E-state index in [1.54, 1.807) is 13.0 Å². The summed E-state index contributed by atoms with van der Waals surface area (Å²) in [4.78, 5) is 22.5. The van der Waals surface area contributed by atoms with Gasteiger partial charge in [0.25, 0.3) is 5.91 Å². The molecule has 0 aromatic heterocycles. The lowest BCUT2D eigenvalue weighted by atomic mass is 10.1. The standard InChI is InChI=1S/C13H15NO4/c1-8-13(16)14-10-5-3-9(7-11(10)18-8)4-6-12(15)17-2/h3,5,7-8H,4,6H2,1-2H3,(H,14,16). The van der Waals surface area contributed by atoms with Crippen molar-refractivity contribution in [3.63, 3.8) is 0 Å². The summed E-state index contributed by atoms with van der Waals surface area (Å²) in [5.41, 5.74) is 1.64. The second-order valence-corrected chi connectivity index (χ2v) is 4.16. The van der Waals surface area contributed by atoms with E-state index >= 15 is 0 Å². The van der Waals surface area contributed by atoms with Gasteiger partial charge < -0.3 is 14.8 Å². The van der Waals surface area contributed by atoms with E-state index in [1.807, 2.05) is 12.1 Å². The molecule has 0 radical (unpaired) electrons. The topological polar surface area (TPSA) is 64.6 Å². The number of methoxy groups -OCH3 is 1. The summed E-state index contributed by atoms with van der Waals surface area (Å²) in [5.74, 6) is 0.254. The molecule has 1 heterocycles. The summed E-state index contributed by atoms with van der Waals surface area (Å²) in [6.07, 6.45) is 0.427. The van der Waals surface area contributed by atoms with Crippen LogP contribution in [0, 0.1) is 0 Å². The highest BCUT2D eigenvalue weighted by molar-refractivity contribution is 5.97. The zero-order valence-electron chi connectivity index (χ0n) is 10.4. The molecule has 0 spiro atoms. The van der Waals surface area contributed by atoms with Crippen LogP contribution in [0.4, 0.5) is 5.69 Å². The lowest BCUT2D eigenvalue weighted by molar-refractivity contribution is -0.140. The molecule has 1 aromatic carbocycles. The largest absolute Gasteiger partial charge is 0.479 e. The molecule has 1 aromatic rings. The monoisotopic (exact) mass is 249 g/mol. The summed E-state index contributed by atoms with van der Waals surface area (Å²) < 4.78 is 10.1. The molecule has 18 heavy (non-hydrogen) atoms. The number of fused-ring (bicyclic) bond motifs is 1. The first-order chi connectivity index (χ1) is 8.60. The SMILES string of the molecule is COC(=O)CCc1ccc2c(c1)OC(C)C(=O)N2. The fourth-order valence-corrected chi connectivity index (χ4v) is 1.75. The second kappa shape index (κ2) is 5.08. The minimum atomic E-state index is -0.492. The number of esters is 1. The van der Waals surface area contributed by atoms with Crippen LogP contribution in [0.1, 0.15) is 18.9 Å². The normalized spacial score (nSPS) is 17.4. The molecule has 1 N–H and O–H groups in total. The molecule has 0 saturated heterocycles. The minimum Gasteiger partial charge on any atom is -0.479 e. The van der Waals surface area contributed by atoms with Crippen LogP contribution < -0.4 is 10.1 Å². The molecule has 2 rings (SSSR count). The Hall–Kier alpha value is -2.04.